The summed E-state index contributed by atoms with van der Waals surface area (Å²) in [5, 5.41) is 0. The summed E-state index contributed by atoms with van der Waals surface area (Å²) in [4.78, 5) is 3.73. The zero-order valence-corrected chi connectivity index (χ0v) is 9.86. The fraction of sp³-hybridized carbons (Fsp3) is 0.286. The van der Waals surface area contributed by atoms with Gasteiger partial charge in [-0.2, -0.15) is 0 Å². The third-order valence-electron chi connectivity index (χ3n) is 1.34. The number of nitrogens with zero attached hydrogens (tertiary/aromatic N) is 1. The third kappa shape index (κ3) is 2.12. The Kier molecular flexibility index (Phi) is 3.39. The van der Waals surface area contributed by atoms with E-state index < -0.39 is 6.43 Å². The SMILES string of the molecule is Cc1cc(I)c(C(F)F)nc1Br. The summed E-state index contributed by atoms with van der Waals surface area (Å²) < 4.78 is 25.5. The Morgan fingerprint density at radius 2 is 2.17 bits per heavy atom. The van der Waals surface area contributed by atoms with E-state index in [2.05, 4.69) is 20.9 Å². The van der Waals surface area contributed by atoms with Crippen LogP contribution in [0.4, 0.5) is 8.78 Å². The first-order chi connectivity index (χ1) is 5.52. The molecule has 0 aliphatic carbocycles. The molecule has 0 unspecified atom stereocenters. The van der Waals surface area contributed by atoms with Crippen molar-refractivity contribution in [2.45, 2.75) is 13.3 Å². The first-order valence-corrected chi connectivity index (χ1v) is 5.00. The molecule has 0 saturated carbocycles. The molecule has 1 aromatic heterocycles. The normalized spacial score (nSPS) is 10.8. The van der Waals surface area contributed by atoms with E-state index in [4.69, 9.17) is 0 Å². The van der Waals surface area contributed by atoms with Gasteiger partial charge in [0.05, 0.1) is 0 Å². The second-order valence-corrected chi connectivity index (χ2v) is 4.18. The first kappa shape index (κ1) is 10.3. The van der Waals surface area contributed by atoms with Crippen LogP contribution in [-0.2, 0) is 0 Å². The number of halogens is 4. The van der Waals surface area contributed by atoms with Crippen LogP contribution in [0.1, 0.15) is 17.7 Å². The van der Waals surface area contributed by atoms with E-state index in [1.54, 1.807) is 6.07 Å². The number of alkyl halides is 2. The molecule has 0 bridgehead atoms. The molecule has 5 heteroatoms. The maximum atomic E-state index is 12.3. The molecule has 1 heterocycles. The zero-order valence-electron chi connectivity index (χ0n) is 6.11. The Labute approximate surface area is 90.8 Å². The lowest BCUT2D eigenvalue weighted by atomic mass is 10.3. The van der Waals surface area contributed by atoms with Gasteiger partial charge >= 0.3 is 0 Å². The van der Waals surface area contributed by atoms with Crippen LogP contribution in [0.2, 0.25) is 0 Å². The molecule has 0 fully saturated rings. The summed E-state index contributed by atoms with van der Waals surface area (Å²) in [6.45, 7) is 1.81. The van der Waals surface area contributed by atoms with Crippen LogP contribution in [0.25, 0.3) is 0 Å². The standard InChI is InChI=1S/C7H5BrF2IN/c1-3-2-4(11)5(7(9)10)12-6(3)8/h2,7H,1H3. The summed E-state index contributed by atoms with van der Waals surface area (Å²) in [6, 6.07) is 1.68. The molecule has 1 aromatic rings. The first-order valence-electron chi connectivity index (χ1n) is 3.13. The zero-order chi connectivity index (χ0) is 9.30. The van der Waals surface area contributed by atoms with Crippen molar-refractivity contribution in [2.24, 2.45) is 0 Å². The van der Waals surface area contributed by atoms with Crippen LogP contribution in [0.5, 0.6) is 0 Å². The minimum absolute atomic E-state index is 0.159. The Morgan fingerprint density at radius 3 is 2.67 bits per heavy atom. The molecule has 66 valence electrons. The predicted molar refractivity (Wildman–Crippen MR) is 54.3 cm³/mol. The van der Waals surface area contributed by atoms with Gasteiger partial charge in [-0.3, -0.25) is 0 Å². The fourth-order valence-corrected chi connectivity index (χ4v) is 1.85. The van der Waals surface area contributed by atoms with Gasteiger partial charge < -0.3 is 0 Å². The van der Waals surface area contributed by atoms with Crippen LogP contribution >= 0.6 is 38.5 Å². The van der Waals surface area contributed by atoms with Crippen LogP contribution in [0, 0.1) is 10.5 Å². The number of aryl methyl sites for hydroxylation is 1. The van der Waals surface area contributed by atoms with Gasteiger partial charge in [0, 0.05) is 3.57 Å². The van der Waals surface area contributed by atoms with E-state index in [0.29, 0.717) is 8.17 Å². The number of aromatic nitrogens is 1. The minimum Gasteiger partial charge on any atom is -0.239 e. The molecule has 12 heavy (non-hydrogen) atoms. The van der Waals surface area contributed by atoms with E-state index in [0.717, 1.165) is 5.56 Å². The van der Waals surface area contributed by atoms with Crippen molar-refractivity contribution in [3.8, 4) is 0 Å². The summed E-state index contributed by atoms with van der Waals surface area (Å²) in [5.41, 5.74) is 0.705. The minimum atomic E-state index is -2.51. The Bertz CT molecular complexity index is 304. The van der Waals surface area contributed by atoms with E-state index in [1.165, 1.54) is 0 Å². The number of hydrogen-bond donors (Lipinski definition) is 0. The monoisotopic (exact) mass is 347 g/mol. The molecular weight excluding hydrogens is 343 g/mol. The molecule has 0 N–H and O–H groups in total. The second-order valence-electron chi connectivity index (χ2n) is 2.26. The number of rotatable bonds is 1. The summed E-state index contributed by atoms with van der Waals surface area (Å²) >= 11 is 4.96. The lowest BCUT2D eigenvalue weighted by molar-refractivity contribution is 0.145. The molecule has 0 spiro atoms. The van der Waals surface area contributed by atoms with Crippen molar-refractivity contribution in [1.82, 2.24) is 4.98 Å². The summed E-state index contributed by atoms with van der Waals surface area (Å²) in [7, 11) is 0. The van der Waals surface area contributed by atoms with Gasteiger partial charge in [0.1, 0.15) is 10.3 Å². The maximum Gasteiger partial charge on any atom is 0.281 e. The van der Waals surface area contributed by atoms with Gasteiger partial charge in [0.25, 0.3) is 6.43 Å². The Balaban J connectivity index is 3.23. The van der Waals surface area contributed by atoms with Crippen molar-refractivity contribution in [3.63, 3.8) is 0 Å². The Morgan fingerprint density at radius 1 is 1.58 bits per heavy atom. The van der Waals surface area contributed by atoms with Crippen molar-refractivity contribution in [2.75, 3.05) is 0 Å². The van der Waals surface area contributed by atoms with Crippen molar-refractivity contribution in [1.29, 1.82) is 0 Å². The van der Waals surface area contributed by atoms with Crippen LogP contribution < -0.4 is 0 Å². The van der Waals surface area contributed by atoms with Crippen molar-refractivity contribution >= 4 is 38.5 Å². The largest absolute Gasteiger partial charge is 0.281 e. The molecular formula is C7H5BrF2IN. The lowest BCUT2D eigenvalue weighted by Gasteiger charge is -2.04. The van der Waals surface area contributed by atoms with Crippen LogP contribution in [0.3, 0.4) is 0 Å². The molecule has 0 aliphatic rings. The van der Waals surface area contributed by atoms with Gasteiger partial charge in [-0.15, -0.1) is 0 Å². The Hall–Kier alpha value is 0.220. The molecule has 0 amide bonds. The third-order valence-corrected chi connectivity index (χ3v) is 3.01. The molecule has 0 atom stereocenters. The maximum absolute atomic E-state index is 12.3. The van der Waals surface area contributed by atoms with Crippen LogP contribution in [-0.4, -0.2) is 4.98 Å². The molecule has 0 radical (unpaired) electrons. The van der Waals surface area contributed by atoms with Gasteiger partial charge in [-0.1, -0.05) is 0 Å². The van der Waals surface area contributed by atoms with E-state index in [1.807, 2.05) is 29.5 Å². The van der Waals surface area contributed by atoms with Crippen LogP contribution in [0.15, 0.2) is 10.7 Å². The second kappa shape index (κ2) is 3.95. The highest BCUT2D eigenvalue weighted by Gasteiger charge is 2.14. The van der Waals surface area contributed by atoms with Crippen molar-refractivity contribution < 1.29 is 8.78 Å². The highest BCUT2D eigenvalue weighted by Crippen LogP contribution is 2.26. The highest BCUT2D eigenvalue weighted by atomic mass is 127. The highest BCUT2D eigenvalue weighted by molar-refractivity contribution is 14.1. The molecule has 0 aromatic carbocycles. The van der Waals surface area contributed by atoms with E-state index >= 15 is 0 Å². The summed E-state index contributed by atoms with van der Waals surface area (Å²) in [5.74, 6) is 0. The van der Waals surface area contributed by atoms with E-state index in [9.17, 15) is 8.78 Å². The average molecular weight is 348 g/mol. The average Bonchev–Trinajstić information content (AvgIpc) is 1.96. The smallest absolute Gasteiger partial charge is 0.239 e. The van der Waals surface area contributed by atoms with Gasteiger partial charge in [-0.05, 0) is 57.1 Å². The molecule has 1 nitrogen and oxygen atoms in total. The summed E-state index contributed by atoms with van der Waals surface area (Å²) in [6.07, 6.45) is -2.51. The topological polar surface area (TPSA) is 12.9 Å². The molecule has 0 saturated heterocycles. The lowest BCUT2D eigenvalue weighted by Crippen LogP contribution is -1.96. The fourth-order valence-electron chi connectivity index (χ4n) is 0.724. The quantitative estimate of drug-likeness (QED) is 0.557. The van der Waals surface area contributed by atoms with Gasteiger partial charge in [0.15, 0.2) is 0 Å². The number of hydrogen-bond acceptors (Lipinski definition) is 1. The molecule has 0 aliphatic heterocycles. The number of pyridine rings is 1. The van der Waals surface area contributed by atoms with Gasteiger partial charge in [-0.25, -0.2) is 13.8 Å². The van der Waals surface area contributed by atoms with Gasteiger partial charge in [0.2, 0.25) is 0 Å². The predicted octanol–water partition coefficient (Wildman–Crippen LogP) is 3.69. The van der Waals surface area contributed by atoms with E-state index in [-0.39, 0.29) is 5.69 Å². The van der Waals surface area contributed by atoms with Crippen molar-refractivity contribution in [3.05, 3.63) is 25.5 Å². The molecule has 1 rings (SSSR count).